The summed E-state index contributed by atoms with van der Waals surface area (Å²) in [5.74, 6) is -1.15. The van der Waals surface area contributed by atoms with E-state index >= 15 is 0 Å². The van der Waals surface area contributed by atoms with Gasteiger partial charge < -0.3 is 10.4 Å². The highest BCUT2D eigenvalue weighted by Gasteiger charge is 2.33. The number of amides is 1. The maximum absolute atomic E-state index is 11.8. The van der Waals surface area contributed by atoms with Crippen molar-refractivity contribution in [1.29, 1.82) is 0 Å². The fourth-order valence-corrected chi connectivity index (χ4v) is 3.97. The topological polar surface area (TPSA) is 104 Å². The molecule has 2 aliphatic rings. The highest BCUT2D eigenvalue weighted by molar-refractivity contribution is 7.91. The molecule has 0 aromatic rings. The molecule has 7 nitrogen and oxygen atoms in total. The maximum atomic E-state index is 11.8. The average molecular weight is 290 g/mol. The largest absolute Gasteiger partial charge is 0.480 e. The summed E-state index contributed by atoms with van der Waals surface area (Å²) in [4.78, 5) is 24.1. The first-order valence-corrected chi connectivity index (χ1v) is 8.13. The van der Waals surface area contributed by atoms with E-state index in [2.05, 4.69) is 5.32 Å². The number of rotatable bonds is 6. The van der Waals surface area contributed by atoms with Crippen molar-refractivity contribution in [2.24, 2.45) is 0 Å². The van der Waals surface area contributed by atoms with E-state index in [1.807, 2.05) is 0 Å². The third-order valence-electron chi connectivity index (χ3n) is 3.35. The molecule has 0 aromatic heterocycles. The number of nitrogens with one attached hydrogen (secondary N) is 1. The molecule has 1 amide bonds. The summed E-state index contributed by atoms with van der Waals surface area (Å²) in [6, 6.07) is -0.155. The Morgan fingerprint density at radius 2 is 1.89 bits per heavy atom. The van der Waals surface area contributed by atoms with Gasteiger partial charge in [-0.05, 0) is 19.3 Å². The Balaban J connectivity index is 1.81. The van der Waals surface area contributed by atoms with Crippen molar-refractivity contribution in [1.82, 2.24) is 10.2 Å². The number of aliphatic carboxylic acids is 1. The Morgan fingerprint density at radius 3 is 2.37 bits per heavy atom. The molecule has 1 unspecified atom stereocenters. The lowest BCUT2D eigenvalue weighted by molar-refractivity contribution is -0.138. The lowest BCUT2D eigenvalue weighted by atomic mass is 10.2. The second-order valence-corrected chi connectivity index (χ2v) is 7.43. The molecular formula is C11H18N2O5S. The van der Waals surface area contributed by atoms with E-state index in [9.17, 15) is 18.0 Å². The quantitative estimate of drug-likeness (QED) is 0.639. The molecule has 0 aromatic carbocycles. The van der Waals surface area contributed by atoms with Gasteiger partial charge in [0.15, 0.2) is 9.84 Å². The molecular weight excluding hydrogens is 272 g/mol. The summed E-state index contributed by atoms with van der Waals surface area (Å²) in [6.45, 7) is -0.130. The van der Waals surface area contributed by atoms with Crippen LogP contribution < -0.4 is 5.32 Å². The van der Waals surface area contributed by atoms with Crippen LogP contribution in [0.5, 0.6) is 0 Å². The summed E-state index contributed by atoms with van der Waals surface area (Å²) >= 11 is 0. The molecule has 0 spiro atoms. The maximum Gasteiger partial charge on any atom is 0.317 e. The number of carboxylic acids is 1. The van der Waals surface area contributed by atoms with E-state index in [0.717, 1.165) is 12.8 Å². The number of carboxylic acid groups (broad SMARTS) is 1. The zero-order valence-corrected chi connectivity index (χ0v) is 11.4. The molecule has 0 bridgehead atoms. The third-order valence-corrected chi connectivity index (χ3v) is 5.11. The molecule has 2 N–H and O–H groups in total. The van der Waals surface area contributed by atoms with Gasteiger partial charge in [-0.1, -0.05) is 0 Å². The number of carbonyl (C=O) groups is 2. The molecule has 8 heteroatoms. The SMILES string of the molecule is O=C(O)CN(CC(=O)NC1CCS(=O)(=O)C1)C1CC1. The van der Waals surface area contributed by atoms with E-state index in [1.54, 1.807) is 4.90 Å². The zero-order valence-electron chi connectivity index (χ0n) is 10.5. The molecule has 1 saturated carbocycles. The van der Waals surface area contributed by atoms with Crippen LogP contribution in [-0.2, 0) is 19.4 Å². The molecule has 2 rings (SSSR count). The van der Waals surface area contributed by atoms with Crippen LogP contribution in [0.15, 0.2) is 0 Å². The van der Waals surface area contributed by atoms with Gasteiger partial charge in [0.25, 0.3) is 0 Å². The molecule has 1 saturated heterocycles. The van der Waals surface area contributed by atoms with Crippen LogP contribution in [0, 0.1) is 0 Å². The van der Waals surface area contributed by atoms with Gasteiger partial charge in [-0.15, -0.1) is 0 Å². The predicted molar refractivity (Wildman–Crippen MR) is 67.4 cm³/mol. The van der Waals surface area contributed by atoms with Crippen LogP contribution in [0.2, 0.25) is 0 Å². The van der Waals surface area contributed by atoms with Crippen LogP contribution in [-0.4, -0.2) is 67.0 Å². The molecule has 1 atom stereocenters. The molecule has 108 valence electrons. The van der Waals surface area contributed by atoms with Gasteiger partial charge in [-0.25, -0.2) is 8.42 Å². The van der Waals surface area contributed by atoms with Crippen molar-refractivity contribution in [2.75, 3.05) is 24.6 Å². The Labute approximate surface area is 111 Å². The van der Waals surface area contributed by atoms with Crippen LogP contribution in [0.1, 0.15) is 19.3 Å². The van der Waals surface area contributed by atoms with Gasteiger partial charge >= 0.3 is 5.97 Å². The number of nitrogens with zero attached hydrogens (tertiary/aromatic N) is 1. The fraction of sp³-hybridized carbons (Fsp3) is 0.818. The molecule has 1 aliphatic carbocycles. The average Bonchev–Trinajstić information content (AvgIpc) is 3.03. The van der Waals surface area contributed by atoms with Crippen molar-refractivity contribution in [3.8, 4) is 0 Å². The van der Waals surface area contributed by atoms with Crippen molar-refractivity contribution >= 4 is 21.7 Å². The molecule has 1 heterocycles. The lowest BCUT2D eigenvalue weighted by Crippen LogP contribution is -2.44. The number of sulfone groups is 1. The highest BCUT2D eigenvalue weighted by Crippen LogP contribution is 2.26. The van der Waals surface area contributed by atoms with E-state index < -0.39 is 15.8 Å². The second kappa shape index (κ2) is 5.46. The normalized spacial score (nSPS) is 25.4. The Kier molecular flexibility index (Phi) is 4.10. The highest BCUT2D eigenvalue weighted by atomic mass is 32.2. The summed E-state index contributed by atoms with van der Waals surface area (Å²) in [6.07, 6.45) is 2.27. The number of carbonyl (C=O) groups excluding carboxylic acids is 1. The van der Waals surface area contributed by atoms with Crippen LogP contribution in [0.3, 0.4) is 0 Å². The van der Waals surface area contributed by atoms with Crippen molar-refractivity contribution in [2.45, 2.75) is 31.3 Å². The molecule has 1 aliphatic heterocycles. The Bertz CT molecular complexity index is 471. The molecule has 0 radical (unpaired) electrons. The smallest absolute Gasteiger partial charge is 0.317 e. The summed E-state index contributed by atoms with van der Waals surface area (Å²) in [7, 11) is -3.01. The summed E-state index contributed by atoms with van der Waals surface area (Å²) < 4.78 is 22.5. The van der Waals surface area contributed by atoms with E-state index in [-0.39, 0.29) is 42.6 Å². The monoisotopic (exact) mass is 290 g/mol. The number of hydrogen-bond acceptors (Lipinski definition) is 5. The fourth-order valence-electron chi connectivity index (χ4n) is 2.29. The van der Waals surface area contributed by atoms with Gasteiger partial charge in [0.1, 0.15) is 0 Å². The van der Waals surface area contributed by atoms with Crippen molar-refractivity contribution < 1.29 is 23.1 Å². The molecule has 2 fully saturated rings. The predicted octanol–water partition coefficient (Wildman–Crippen LogP) is -1.16. The minimum absolute atomic E-state index is 0.0128. The first kappa shape index (κ1) is 14.3. The lowest BCUT2D eigenvalue weighted by Gasteiger charge is -2.20. The van der Waals surface area contributed by atoms with Gasteiger partial charge in [0.05, 0.1) is 24.6 Å². The van der Waals surface area contributed by atoms with Gasteiger partial charge in [-0.3, -0.25) is 14.5 Å². The minimum Gasteiger partial charge on any atom is -0.480 e. The van der Waals surface area contributed by atoms with E-state index in [1.165, 1.54) is 0 Å². The Morgan fingerprint density at radius 1 is 1.21 bits per heavy atom. The Hall–Kier alpha value is -1.15. The second-order valence-electron chi connectivity index (χ2n) is 5.20. The molecule has 19 heavy (non-hydrogen) atoms. The van der Waals surface area contributed by atoms with Crippen molar-refractivity contribution in [3.63, 3.8) is 0 Å². The first-order valence-electron chi connectivity index (χ1n) is 6.31. The summed E-state index contributed by atoms with van der Waals surface area (Å²) in [5.41, 5.74) is 0. The minimum atomic E-state index is -3.01. The van der Waals surface area contributed by atoms with Crippen LogP contribution in [0.25, 0.3) is 0 Å². The zero-order chi connectivity index (χ0) is 14.0. The summed E-state index contributed by atoms with van der Waals surface area (Å²) in [5, 5.41) is 11.4. The third kappa shape index (κ3) is 4.46. The standard InChI is InChI=1S/C11H18N2O5S/c14-10(12-8-3-4-19(17,18)7-8)5-13(6-11(15)16)9-1-2-9/h8-9H,1-7H2,(H,12,14)(H,15,16). The first-order chi connectivity index (χ1) is 8.85. The van der Waals surface area contributed by atoms with Crippen LogP contribution in [0.4, 0.5) is 0 Å². The van der Waals surface area contributed by atoms with Gasteiger partial charge in [0.2, 0.25) is 5.91 Å². The van der Waals surface area contributed by atoms with E-state index in [0.29, 0.717) is 6.42 Å². The van der Waals surface area contributed by atoms with Gasteiger partial charge in [-0.2, -0.15) is 0 Å². The van der Waals surface area contributed by atoms with Crippen LogP contribution >= 0.6 is 0 Å². The van der Waals surface area contributed by atoms with E-state index in [4.69, 9.17) is 5.11 Å². The van der Waals surface area contributed by atoms with Crippen molar-refractivity contribution in [3.05, 3.63) is 0 Å². The van der Waals surface area contributed by atoms with Gasteiger partial charge in [0, 0.05) is 12.1 Å². The number of hydrogen-bond donors (Lipinski definition) is 2.